The van der Waals surface area contributed by atoms with Crippen molar-refractivity contribution >= 4 is 33.3 Å². The van der Waals surface area contributed by atoms with E-state index in [0.717, 1.165) is 0 Å². The molecule has 5 nitrogen and oxygen atoms in total. The smallest absolute Gasteiger partial charge is 0.262 e. The molecule has 0 aliphatic carbocycles. The number of rotatable bonds is 3. The SMILES string of the molecule is CCc1occc1C(=O)c1cc2c(cc1Br)NC(=O)CO2. The van der Waals surface area contributed by atoms with Crippen LogP contribution in [0.1, 0.15) is 28.6 Å². The van der Waals surface area contributed by atoms with Gasteiger partial charge in [-0.05, 0) is 34.1 Å². The van der Waals surface area contributed by atoms with Crippen molar-refractivity contribution in [3.8, 4) is 5.75 Å². The van der Waals surface area contributed by atoms with Crippen LogP contribution in [0.2, 0.25) is 0 Å². The quantitative estimate of drug-likeness (QED) is 0.864. The number of carbonyl (C=O) groups excluding carboxylic acids is 2. The molecule has 0 spiro atoms. The van der Waals surface area contributed by atoms with Crippen LogP contribution in [0.3, 0.4) is 0 Å². The van der Waals surface area contributed by atoms with Crippen LogP contribution in [-0.4, -0.2) is 18.3 Å². The molecule has 1 N–H and O–H groups in total. The zero-order valence-corrected chi connectivity index (χ0v) is 12.8. The summed E-state index contributed by atoms with van der Waals surface area (Å²) in [5.41, 5.74) is 1.57. The minimum Gasteiger partial charge on any atom is -0.482 e. The molecule has 3 rings (SSSR count). The van der Waals surface area contributed by atoms with Crippen LogP contribution in [0.15, 0.2) is 33.4 Å². The van der Waals surface area contributed by atoms with Crippen LogP contribution >= 0.6 is 15.9 Å². The molecule has 2 heterocycles. The number of ether oxygens (including phenoxy) is 1. The number of furan rings is 1. The Balaban J connectivity index is 2.03. The highest BCUT2D eigenvalue weighted by molar-refractivity contribution is 9.10. The lowest BCUT2D eigenvalue weighted by atomic mass is 10.0. The lowest BCUT2D eigenvalue weighted by molar-refractivity contribution is -0.118. The van der Waals surface area contributed by atoms with Crippen LogP contribution in [0.5, 0.6) is 5.75 Å². The van der Waals surface area contributed by atoms with Crippen molar-refractivity contribution in [1.82, 2.24) is 0 Å². The number of nitrogens with one attached hydrogen (secondary N) is 1. The highest BCUT2D eigenvalue weighted by Crippen LogP contribution is 2.35. The summed E-state index contributed by atoms with van der Waals surface area (Å²) < 4.78 is 11.2. The fourth-order valence-corrected chi connectivity index (χ4v) is 2.76. The molecule has 6 heteroatoms. The minimum absolute atomic E-state index is 0.0474. The summed E-state index contributed by atoms with van der Waals surface area (Å²) in [6.07, 6.45) is 2.15. The monoisotopic (exact) mass is 349 g/mol. The first-order valence-corrected chi connectivity index (χ1v) is 7.26. The molecule has 1 aromatic heterocycles. The molecule has 2 aromatic rings. The van der Waals surface area contributed by atoms with Gasteiger partial charge in [-0.1, -0.05) is 6.92 Å². The summed E-state index contributed by atoms with van der Waals surface area (Å²) in [4.78, 5) is 23.9. The van der Waals surface area contributed by atoms with E-state index in [4.69, 9.17) is 9.15 Å². The van der Waals surface area contributed by atoms with Gasteiger partial charge in [0.1, 0.15) is 11.5 Å². The molecule has 108 valence electrons. The highest BCUT2D eigenvalue weighted by atomic mass is 79.9. The van der Waals surface area contributed by atoms with Crippen molar-refractivity contribution in [1.29, 1.82) is 0 Å². The topological polar surface area (TPSA) is 68.5 Å². The molecule has 0 saturated heterocycles. The van der Waals surface area contributed by atoms with Crippen LogP contribution in [0.25, 0.3) is 0 Å². The molecular formula is C15H12BrNO4. The molecule has 0 radical (unpaired) electrons. The molecule has 0 saturated carbocycles. The van der Waals surface area contributed by atoms with E-state index < -0.39 is 0 Å². The van der Waals surface area contributed by atoms with E-state index in [0.29, 0.717) is 39.2 Å². The number of carbonyl (C=O) groups is 2. The van der Waals surface area contributed by atoms with E-state index in [9.17, 15) is 9.59 Å². The van der Waals surface area contributed by atoms with Crippen molar-refractivity contribution in [3.05, 3.63) is 45.8 Å². The maximum Gasteiger partial charge on any atom is 0.262 e. The third kappa shape index (κ3) is 2.47. The van der Waals surface area contributed by atoms with Gasteiger partial charge in [-0.15, -0.1) is 0 Å². The number of hydrogen-bond donors (Lipinski definition) is 1. The fourth-order valence-electron chi connectivity index (χ4n) is 2.24. The summed E-state index contributed by atoms with van der Waals surface area (Å²) >= 11 is 3.37. The summed E-state index contributed by atoms with van der Waals surface area (Å²) in [5, 5.41) is 2.70. The molecule has 1 amide bonds. The Morgan fingerprint density at radius 2 is 2.19 bits per heavy atom. The van der Waals surface area contributed by atoms with Crippen LogP contribution in [0, 0.1) is 0 Å². The fraction of sp³-hybridized carbons (Fsp3) is 0.200. The number of aryl methyl sites for hydroxylation is 1. The van der Waals surface area contributed by atoms with Crippen LogP contribution < -0.4 is 10.1 Å². The number of halogens is 1. The molecule has 0 unspecified atom stereocenters. The molecule has 21 heavy (non-hydrogen) atoms. The Bertz CT molecular complexity index is 735. The predicted octanol–water partition coefficient (Wildman–Crippen LogP) is 3.17. The number of fused-ring (bicyclic) bond motifs is 1. The Kier molecular flexibility index (Phi) is 3.55. The average molecular weight is 350 g/mol. The number of ketones is 1. The molecule has 1 aromatic carbocycles. The van der Waals surface area contributed by atoms with Crippen LogP contribution in [0.4, 0.5) is 5.69 Å². The van der Waals surface area contributed by atoms with E-state index in [1.165, 1.54) is 6.26 Å². The Hall–Kier alpha value is -2.08. The summed E-state index contributed by atoms with van der Waals surface area (Å²) in [6, 6.07) is 4.97. The van der Waals surface area contributed by atoms with Crippen molar-refractivity contribution in [2.45, 2.75) is 13.3 Å². The lowest BCUT2D eigenvalue weighted by Crippen LogP contribution is -2.25. The maximum absolute atomic E-state index is 12.6. The van der Waals surface area contributed by atoms with Gasteiger partial charge in [-0.2, -0.15) is 0 Å². The van der Waals surface area contributed by atoms with Crippen molar-refractivity contribution in [2.24, 2.45) is 0 Å². The molecule has 1 aliphatic heterocycles. The number of benzene rings is 1. The first kappa shape index (κ1) is 13.9. The number of anilines is 1. The van der Waals surface area contributed by atoms with Crippen LogP contribution in [-0.2, 0) is 11.2 Å². The minimum atomic E-state index is -0.211. The predicted molar refractivity (Wildman–Crippen MR) is 79.8 cm³/mol. The van der Waals surface area contributed by atoms with Crippen molar-refractivity contribution in [2.75, 3.05) is 11.9 Å². The first-order chi connectivity index (χ1) is 10.1. The van der Waals surface area contributed by atoms with E-state index in [1.807, 2.05) is 6.92 Å². The van der Waals surface area contributed by atoms with Gasteiger partial charge in [0.15, 0.2) is 12.4 Å². The van der Waals surface area contributed by atoms with Gasteiger partial charge in [0, 0.05) is 16.5 Å². The second kappa shape index (κ2) is 5.37. The summed E-state index contributed by atoms with van der Waals surface area (Å²) in [7, 11) is 0. The molecule has 0 atom stereocenters. The van der Waals surface area contributed by atoms with Gasteiger partial charge in [0.05, 0.1) is 17.5 Å². The van der Waals surface area contributed by atoms with Gasteiger partial charge in [-0.25, -0.2) is 0 Å². The molecule has 0 bridgehead atoms. The summed E-state index contributed by atoms with van der Waals surface area (Å²) in [6.45, 7) is 1.88. The normalized spacial score (nSPS) is 13.3. The average Bonchev–Trinajstić information content (AvgIpc) is 2.94. The van der Waals surface area contributed by atoms with E-state index in [1.54, 1.807) is 18.2 Å². The number of amides is 1. The lowest BCUT2D eigenvalue weighted by Gasteiger charge is -2.19. The third-order valence-electron chi connectivity index (χ3n) is 3.26. The van der Waals surface area contributed by atoms with Crippen molar-refractivity contribution in [3.63, 3.8) is 0 Å². The van der Waals surface area contributed by atoms with Gasteiger partial charge in [-0.3, -0.25) is 9.59 Å². The largest absolute Gasteiger partial charge is 0.482 e. The van der Waals surface area contributed by atoms with Crippen molar-refractivity contribution < 1.29 is 18.7 Å². The van der Waals surface area contributed by atoms with Gasteiger partial charge in [0.2, 0.25) is 0 Å². The number of hydrogen-bond acceptors (Lipinski definition) is 4. The second-order valence-corrected chi connectivity index (χ2v) is 5.46. The second-order valence-electron chi connectivity index (χ2n) is 4.61. The van der Waals surface area contributed by atoms with E-state index in [-0.39, 0.29) is 18.3 Å². The Morgan fingerprint density at radius 1 is 1.38 bits per heavy atom. The molecule has 1 aliphatic rings. The zero-order chi connectivity index (χ0) is 15.0. The zero-order valence-electron chi connectivity index (χ0n) is 11.2. The standard InChI is InChI=1S/C15H12BrNO4/c1-2-12-8(3-4-20-12)15(19)9-5-13-11(6-10(9)16)17-14(18)7-21-13/h3-6H,2,7H2,1H3,(H,17,18). The first-order valence-electron chi connectivity index (χ1n) is 6.47. The summed E-state index contributed by atoms with van der Waals surface area (Å²) in [5.74, 6) is 0.786. The Labute approximate surface area is 129 Å². The highest BCUT2D eigenvalue weighted by Gasteiger charge is 2.23. The van der Waals surface area contributed by atoms with E-state index >= 15 is 0 Å². The van der Waals surface area contributed by atoms with Gasteiger partial charge >= 0.3 is 0 Å². The third-order valence-corrected chi connectivity index (χ3v) is 3.91. The van der Waals surface area contributed by atoms with Gasteiger partial charge in [0.25, 0.3) is 5.91 Å². The van der Waals surface area contributed by atoms with Gasteiger partial charge < -0.3 is 14.5 Å². The maximum atomic E-state index is 12.6. The molecule has 0 fully saturated rings. The van der Waals surface area contributed by atoms with E-state index in [2.05, 4.69) is 21.2 Å². The molecular weight excluding hydrogens is 338 g/mol. The Morgan fingerprint density at radius 3 is 2.95 bits per heavy atom.